The number of anilines is 1. The summed E-state index contributed by atoms with van der Waals surface area (Å²) >= 11 is 8.13. The van der Waals surface area contributed by atoms with Gasteiger partial charge in [-0.3, -0.25) is 0 Å². The molecular formula is C9H10CuN2O2S2. The van der Waals surface area contributed by atoms with Crippen molar-refractivity contribution in [1.29, 1.82) is 0 Å². The third-order valence-electron chi connectivity index (χ3n) is 1.38. The van der Waals surface area contributed by atoms with Crippen molar-refractivity contribution >= 4 is 40.5 Å². The second-order valence-electron chi connectivity index (χ2n) is 2.55. The van der Waals surface area contributed by atoms with Gasteiger partial charge in [-0.2, -0.15) is 0 Å². The van der Waals surface area contributed by atoms with E-state index < -0.39 is 10.3 Å². The number of benzene rings is 1. The molecule has 1 aromatic carbocycles. The molecule has 0 unspecified atom stereocenters. The summed E-state index contributed by atoms with van der Waals surface area (Å²) in [5.74, 6) is 0. The first-order valence-corrected chi connectivity index (χ1v) is 4.75. The number of thiocarbonyl (C=S) groups is 2. The van der Waals surface area contributed by atoms with E-state index in [1.807, 2.05) is 31.2 Å². The van der Waals surface area contributed by atoms with E-state index in [1.54, 1.807) is 0 Å². The zero-order valence-corrected chi connectivity index (χ0v) is 10.9. The van der Waals surface area contributed by atoms with E-state index in [9.17, 15) is 5.11 Å². The van der Waals surface area contributed by atoms with Gasteiger partial charge in [0, 0.05) is 16.0 Å². The molecule has 1 rings (SSSR count). The summed E-state index contributed by atoms with van der Waals surface area (Å²) in [5.41, 5.74) is 6.09. The van der Waals surface area contributed by atoms with Crippen molar-refractivity contribution in [1.82, 2.24) is 0 Å². The molecule has 0 bridgehead atoms. The van der Waals surface area contributed by atoms with Crippen LogP contribution < -0.4 is 21.3 Å². The predicted octanol–water partition coefficient (Wildman–Crippen LogP) is -0.360. The summed E-state index contributed by atoms with van der Waals surface area (Å²) in [6, 6.07) is 7.50. The van der Waals surface area contributed by atoms with Crippen molar-refractivity contribution in [3.8, 4) is 0 Å². The first kappa shape index (κ1) is 17.5. The molecule has 0 heterocycles. The Hall–Kier alpha value is -0.881. The Morgan fingerprint density at radius 2 is 1.69 bits per heavy atom. The molecule has 0 aromatic heterocycles. The third-order valence-corrected chi connectivity index (χ3v) is 1.48. The molecule has 3 N–H and O–H groups in total. The molecule has 0 aliphatic carbocycles. The number of hydrogen-bond donors (Lipinski definition) is 2. The van der Waals surface area contributed by atoms with Crippen molar-refractivity contribution in [2.75, 3.05) is 5.32 Å². The standard InChI is InChI=1S/C8H9NOS.CH3NOS.Cu/c1-6-4-2-3-5-7(6)9-8(10)11;2-1(3)4;/h2-5H,1H3,(H2,9,10,11);(H3,2,3,4);/q;;+2/p-2. The molecule has 0 aliphatic rings. The van der Waals surface area contributed by atoms with Gasteiger partial charge in [0.25, 0.3) is 0 Å². The molecule has 0 atom stereocenters. The average molecular weight is 306 g/mol. The molecule has 1 radical (unpaired) electrons. The summed E-state index contributed by atoms with van der Waals surface area (Å²) in [5, 5.41) is 20.9. The van der Waals surface area contributed by atoms with Gasteiger partial charge in [-0.15, -0.1) is 0 Å². The summed E-state index contributed by atoms with van der Waals surface area (Å²) in [7, 11) is 0. The van der Waals surface area contributed by atoms with Crippen LogP contribution in [0.5, 0.6) is 0 Å². The molecule has 4 nitrogen and oxygen atoms in total. The molecule has 0 saturated heterocycles. The maximum absolute atomic E-state index is 10.5. The Bertz CT molecular complexity index is 357. The molecule has 1 aromatic rings. The van der Waals surface area contributed by atoms with Gasteiger partial charge in [-0.1, -0.05) is 42.6 Å². The van der Waals surface area contributed by atoms with Gasteiger partial charge >= 0.3 is 17.1 Å². The van der Waals surface area contributed by atoms with E-state index in [1.165, 1.54) is 0 Å². The van der Waals surface area contributed by atoms with Gasteiger partial charge < -0.3 is 21.3 Å². The van der Waals surface area contributed by atoms with Crippen LogP contribution in [0, 0.1) is 6.92 Å². The van der Waals surface area contributed by atoms with E-state index in [2.05, 4.69) is 35.5 Å². The molecule has 0 spiro atoms. The SMILES string of the molecule is Cc1ccccc1NC([O-])=S.NC([O-])=S.[Cu+2]. The van der Waals surface area contributed by atoms with Gasteiger partial charge in [-0.25, -0.2) is 0 Å². The fourth-order valence-electron chi connectivity index (χ4n) is 0.823. The van der Waals surface area contributed by atoms with Crippen LogP contribution in [0.4, 0.5) is 5.69 Å². The minimum Gasteiger partial charge on any atom is -0.852 e. The fraction of sp³-hybridized carbons (Fsp3) is 0.111. The van der Waals surface area contributed by atoms with Crippen molar-refractivity contribution in [3.63, 3.8) is 0 Å². The van der Waals surface area contributed by atoms with Crippen LogP contribution in [-0.2, 0) is 17.1 Å². The van der Waals surface area contributed by atoms with Gasteiger partial charge in [0.1, 0.15) is 0 Å². The maximum Gasteiger partial charge on any atom is 2.00 e. The second kappa shape index (κ2) is 9.35. The minimum atomic E-state index is -0.750. The number of aryl methyl sites for hydroxylation is 1. The van der Waals surface area contributed by atoms with Gasteiger partial charge in [-0.05, 0) is 18.6 Å². The van der Waals surface area contributed by atoms with Crippen molar-refractivity contribution in [2.45, 2.75) is 6.92 Å². The number of nitrogens with one attached hydrogen (secondary N) is 1. The van der Waals surface area contributed by atoms with Crippen LogP contribution in [0.25, 0.3) is 0 Å². The van der Waals surface area contributed by atoms with Crippen LogP contribution in [0.15, 0.2) is 24.3 Å². The molecule has 0 aliphatic heterocycles. The van der Waals surface area contributed by atoms with Crippen molar-refractivity contribution in [2.24, 2.45) is 5.73 Å². The van der Waals surface area contributed by atoms with Crippen LogP contribution in [-0.4, -0.2) is 10.3 Å². The average Bonchev–Trinajstić information content (AvgIpc) is 2.07. The van der Waals surface area contributed by atoms with Crippen LogP contribution in [0.2, 0.25) is 0 Å². The first-order valence-electron chi connectivity index (χ1n) is 3.93. The fourth-order valence-corrected chi connectivity index (χ4v) is 0.933. The summed E-state index contributed by atoms with van der Waals surface area (Å²) < 4.78 is 0. The number of nitrogens with two attached hydrogens (primary N) is 1. The van der Waals surface area contributed by atoms with Crippen LogP contribution in [0.3, 0.4) is 0 Å². The second-order valence-corrected chi connectivity index (χ2v) is 3.32. The summed E-state index contributed by atoms with van der Waals surface area (Å²) in [4.78, 5) is 0. The minimum absolute atomic E-state index is 0. The molecule has 0 saturated carbocycles. The van der Waals surface area contributed by atoms with E-state index in [-0.39, 0.29) is 17.1 Å². The molecule has 0 amide bonds. The van der Waals surface area contributed by atoms with Gasteiger partial charge in [0.15, 0.2) is 0 Å². The zero-order chi connectivity index (χ0) is 11.8. The smallest absolute Gasteiger partial charge is 0.852 e. The number of hydrogen-bond acceptors (Lipinski definition) is 4. The maximum atomic E-state index is 10.5. The van der Waals surface area contributed by atoms with E-state index >= 15 is 0 Å². The number of para-hydroxylation sites is 1. The monoisotopic (exact) mass is 305 g/mol. The summed E-state index contributed by atoms with van der Waals surface area (Å²) in [6.45, 7) is 1.92. The molecule has 0 fully saturated rings. The first-order chi connectivity index (χ1) is 6.93. The Kier molecular flexibility index (Phi) is 10.2. The van der Waals surface area contributed by atoms with Crippen LogP contribution >= 0.6 is 24.4 Å². The van der Waals surface area contributed by atoms with E-state index in [0.717, 1.165) is 11.3 Å². The molecule has 16 heavy (non-hydrogen) atoms. The Labute approximate surface area is 115 Å². The van der Waals surface area contributed by atoms with Crippen molar-refractivity contribution < 1.29 is 27.3 Å². The molecule has 7 heteroatoms. The normalized spacial score (nSPS) is 7.81. The van der Waals surface area contributed by atoms with Crippen LogP contribution in [0.1, 0.15) is 5.56 Å². The van der Waals surface area contributed by atoms with Gasteiger partial charge in [0.05, 0.1) is 0 Å². The quantitative estimate of drug-likeness (QED) is 0.544. The third kappa shape index (κ3) is 9.67. The Morgan fingerprint density at radius 1 is 1.25 bits per heavy atom. The molecular weight excluding hydrogens is 296 g/mol. The van der Waals surface area contributed by atoms with Crippen molar-refractivity contribution in [3.05, 3.63) is 29.8 Å². The Balaban J connectivity index is 0. The summed E-state index contributed by atoms with van der Waals surface area (Å²) in [6.07, 6.45) is 0. The zero-order valence-electron chi connectivity index (χ0n) is 8.32. The number of rotatable bonds is 1. The molecule has 91 valence electrons. The predicted molar refractivity (Wildman–Crippen MR) is 64.2 cm³/mol. The van der Waals surface area contributed by atoms with Gasteiger partial charge in [0.2, 0.25) is 0 Å². The Morgan fingerprint density at radius 3 is 2.06 bits per heavy atom. The van der Waals surface area contributed by atoms with E-state index in [0.29, 0.717) is 0 Å². The van der Waals surface area contributed by atoms with E-state index in [4.69, 9.17) is 5.11 Å². The topological polar surface area (TPSA) is 84.2 Å². The largest absolute Gasteiger partial charge is 2.00 e.